The molecule has 3 nitrogen and oxygen atoms in total. The summed E-state index contributed by atoms with van der Waals surface area (Å²) in [5, 5.41) is 0. The van der Waals surface area contributed by atoms with Crippen LogP contribution in [-0.2, 0) is 14.3 Å². The normalized spacial score (nSPS) is 26.4. The van der Waals surface area contributed by atoms with Gasteiger partial charge in [-0.05, 0) is 24.2 Å². The molecule has 92 valence electrons. The average Bonchev–Trinajstić information content (AvgIpc) is 2.58. The van der Waals surface area contributed by atoms with E-state index in [1.807, 2.05) is 0 Å². The summed E-state index contributed by atoms with van der Waals surface area (Å²) < 4.78 is 4.66. The van der Waals surface area contributed by atoms with E-state index in [0.717, 1.165) is 19.3 Å². The minimum absolute atomic E-state index is 0.0985. The first-order chi connectivity index (χ1) is 7.42. The maximum Gasteiger partial charge on any atom is 0.317 e. The molecule has 1 heterocycles. The second-order valence-corrected chi connectivity index (χ2v) is 5.27. The summed E-state index contributed by atoms with van der Waals surface area (Å²) in [5.74, 6) is -0.344. The van der Waals surface area contributed by atoms with Crippen molar-refractivity contribution in [2.24, 2.45) is 17.3 Å². The number of hydrogen-bond donors (Lipinski definition) is 0. The van der Waals surface area contributed by atoms with E-state index in [0.29, 0.717) is 5.92 Å². The molecule has 0 saturated carbocycles. The molecule has 3 unspecified atom stereocenters. The van der Waals surface area contributed by atoms with Gasteiger partial charge >= 0.3 is 11.9 Å². The fraction of sp³-hybridized carbons (Fsp3) is 0.846. The Morgan fingerprint density at radius 3 is 2.44 bits per heavy atom. The molecule has 1 aliphatic heterocycles. The van der Waals surface area contributed by atoms with Gasteiger partial charge in [0, 0.05) is 0 Å². The molecule has 0 radical (unpaired) electrons. The first-order valence-electron chi connectivity index (χ1n) is 6.17. The smallest absolute Gasteiger partial charge is 0.317 e. The Labute approximate surface area is 97.5 Å². The van der Waals surface area contributed by atoms with Crippen molar-refractivity contribution < 1.29 is 14.3 Å². The Kier molecular flexibility index (Phi) is 4.11. The summed E-state index contributed by atoms with van der Waals surface area (Å²) in [5.41, 5.74) is -0.0985. The highest BCUT2D eigenvalue weighted by Crippen LogP contribution is 2.43. The Morgan fingerprint density at radius 1 is 1.44 bits per heavy atom. The zero-order valence-electron chi connectivity index (χ0n) is 10.7. The average molecular weight is 226 g/mol. The second-order valence-electron chi connectivity index (χ2n) is 5.27. The highest BCUT2D eigenvalue weighted by atomic mass is 16.6. The van der Waals surface area contributed by atoms with Crippen LogP contribution in [0, 0.1) is 17.3 Å². The Morgan fingerprint density at radius 2 is 2.06 bits per heavy atom. The van der Waals surface area contributed by atoms with Gasteiger partial charge in [-0.2, -0.15) is 0 Å². The van der Waals surface area contributed by atoms with Crippen LogP contribution in [0.1, 0.15) is 53.4 Å². The maximum absolute atomic E-state index is 11.6. The van der Waals surface area contributed by atoms with E-state index in [9.17, 15) is 9.59 Å². The molecule has 0 bridgehead atoms. The molecule has 0 aromatic rings. The molecule has 0 N–H and O–H groups in total. The number of carbonyl (C=O) groups excluding carboxylic acids is 2. The molecule has 1 rings (SSSR count). The lowest BCUT2D eigenvalue weighted by Gasteiger charge is -2.34. The summed E-state index contributed by atoms with van der Waals surface area (Å²) >= 11 is 0. The molecule has 1 fully saturated rings. The number of rotatable bonds is 5. The van der Waals surface area contributed by atoms with Gasteiger partial charge in [-0.3, -0.25) is 9.59 Å². The van der Waals surface area contributed by atoms with Gasteiger partial charge in [0.15, 0.2) is 0 Å². The van der Waals surface area contributed by atoms with E-state index in [4.69, 9.17) is 0 Å². The van der Waals surface area contributed by atoms with Gasteiger partial charge in [0.25, 0.3) is 0 Å². The van der Waals surface area contributed by atoms with Crippen molar-refractivity contribution >= 4 is 11.9 Å². The van der Waals surface area contributed by atoms with Gasteiger partial charge in [0.1, 0.15) is 0 Å². The van der Waals surface area contributed by atoms with E-state index in [2.05, 4.69) is 32.4 Å². The van der Waals surface area contributed by atoms with Crippen molar-refractivity contribution in [3.05, 3.63) is 0 Å². The van der Waals surface area contributed by atoms with Gasteiger partial charge in [-0.25, -0.2) is 0 Å². The Balaban J connectivity index is 2.79. The molecule has 1 aliphatic rings. The van der Waals surface area contributed by atoms with Crippen molar-refractivity contribution in [2.45, 2.75) is 53.4 Å². The number of esters is 2. The highest BCUT2D eigenvalue weighted by Gasteiger charge is 2.45. The van der Waals surface area contributed by atoms with E-state index in [1.54, 1.807) is 0 Å². The molecule has 1 saturated heterocycles. The van der Waals surface area contributed by atoms with Crippen molar-refractivity contribution in [2.75, 3.05) is 0 Å². The van der Waals surface area contributed by atoms with Crippen molar-refractivity contribution in [3.8, 4) is 0 Å². The lowest BCUT2D eigenvalue weighted by atomic mass is 9.69. The van der Waals surface area contributed by atoms with Crippen LogP contribution in [-0.4, -0.2) is 11.9 Å². The number of cyclic esters (lactones) is 2. The van der Waals surface area contributed by atoms with Crippen LogP contribution in [0.25, 0.3) is 0 Å². The first-order valence-corrected chi connectivity index (χ1v) is 6.17. The summed E-state index contributed by atoms with van der Waals surface area (Å²) in [6.07, 6.45) is 3.25. The van der Waals surface area contributed by atoms with Gasteiger partial charge < -0.3 is 4.74 Å². The first kappa shape index (κ1) is 13.2. The van der Waals surface area contributed by atoms with Crippen LogP contribution < -0.4 is 0 Å². The molecule has 3 heteroatoms. The van der Waals surface area contributed by atoms with Crippen LogP contribution in [0.4, 0.5) is 0 Å². The molecule has 0 aromatic carbocycles. The maximum atomic E-state index is 11.6. The lowest BCUT2D eigenvalue weighted by molar-refractivity contribution is -0.154. The molecule has 0 amide bonds. The minimum atomic E-state index is -0.362. The van der Waals surface area contributed by atoms with E-state index in [-0.39, 0.29) is 29.7 Å². The van der Waals surface area contributed by atoms with Crippen LogP contribution in [0.15, 0.2) is 0 Å². The van der Waals surface area contributed by atoms with Gasteiger partial charge in [-0.15, -0.1) is 0 Å². The van der Waals surface area contributed by atoms with Gasteiger partial charge in [0.05, 0.1) is 12.3 Å². The molecule has 0 spiro atoms. The molecule has 3 atom stereocenters. The largest absolute Gasteiger partial charge is 0.393 e. The van der Waals surface area contributed by atoms with Crippen LogP contribution in [0.2, 0.25) is 0 Å². The van der Waals surface area contributed by atoms with Gasteiger partial charge in [0.2, 0.25) is 0 Å². The predicted octanol–water partition coefficient (Wildman–Crippen LogP) is 2.93. The standard InChI is InChI=1S/C13H22O3/c1-5-9(3)8-13(4,6-2)10-7-11(14)16-12(10)15/h9-10H,5-8H2,1-4H3. The summed E-state index contributed by atoms with van der Waals surface area (Å²) in [4.78, 5) is 22.8. The summed E-state index contributed by atoms with van der Waals surface area (Å²) in [6, 6.07) is 0. The third-order valence-electron chi connectivity index (χ3n) is 4.03. The quantitative estimate of drug-likeness (QED) is 0.534. The fourth-order valence-corrected chi connectivity index (χ4v) is 2.48. The van der Waals surface area contributed by atoms with Crippen molar-refractivity contribution in [1.82, 2.24) is 0 Å². The number of carbonyl (C=O) groups is 2. The second kappa shape index (κ2) is 4.98. The minimum Gasteiger partial charge on any atom is -0.393 e. The third kappa shape index (κ3) is 2.63. The SMILES string of the molecule is CCC(C)CC(C)(CC)C1CC(=O)OC1=O. The number of ether oxygens (including phenoxy) is 1. The zero-order valence-corrected chi connectivity index (χ0v) is 10.7. The zero-order chi connectivity index (χ0) is 12.3. The summed E-state index contributed by atoms with van der Waals surface area (Å²) in [6.45, 7) is 8.52. The fourth-order valence-electron chi connectivity index (χ4n) is 2.48. The van der Waals surface area contributed by atoms with Crippen LogP contribution >= 0.6 is 0 Å². The molecule has 0 aliphatic carbocycles. The predicted molar refractivity (Wildman–Crippen MR) is 61.7 cm³/mol. The summed E-state index contributed by atoms with van der Waals surface area (Å²) in [7, 11) is 0. The number of hydrogen-bond acceptors (Lipinski definition) is 3. The van der Waals surface area contributed by atoms with E-state index in [1.165, 1.54) is 0 Å². The molecule has 16 heavy (non-hydrogen) atoms. The lowest BCUT2D eigenvalue weighted by Crippen LogP contribution is -2.32. The monoisotopic (exact) mass is 226 g/mol. The van der Waals surface area contributed by atoms with Gasteiger partial charge in [-0.1, -0.05) is 34.1 Å². The van der Waals surface area contributed by atoms with Crippen LogP contribution in [0.3, 0.4) is 0 Å². The van der Waals surface area contributed by atoms with E-state index < -0.39 is 0 Å². The molecular formula is C13H22O3. The third-order valence-corrected chi connectivity index (χ3v) is 4.03. The molecule has 0 aromatic heterocycles. The van der Waals surface area contributed by atoms with Crippen molar-refractivity contribution in [3.63, 3.8) is 0 Å². The Bertz CT molecular complexity index is 285. The van der Waals surface area contributed by atoms with Crippen LogP contribution in [0.5, 0.6) is 0 Å². The Hall–Kier alpha value is -0.860. The highest BCUT2D eigenvalue weighted by molar-refractivity contribution is 5.95. The molecular weight excluding hydrogens is 204 g/mol. The van der Waals surface area contributed by atoms with E-state index >= 15 is 0 Å². The van der Waals surface area contributed by atoms with Crippen molar-refractivity contribution in [1.29, 1.82) is 0 Å². The topological polar surface area (TPSA) is 43.4 Å².